The zero-order valence-electron chi connectivity index (χ0n) is 21.5. The average Bonchev–Trinajstić information content (AvgIpc) is 2.85. The zero-order chi connectivity index (χ0) is 25.2. The zero-order valence-corrected chi connectivity index (χ0v) is 21.5. The molecule has 0 radical (unpaired) electrons. The van der Waals surface area contributed by atoms with Crippen LogP contribution in [-0.4, -0.2) is 112 Å². The van der Waals surface area contributed by atoms with Gasteiger partial charge in [-0.3, -0.25) is 0 Å². The van der Waals surface area contributed by atoms with Gasteiger partial charge in [0.25, 0.3) is 0 Å². The fourth-order valence-corrected chi connectivity index (χ4v) is 2.55. The first kappa shape index (κ1) is 31.5. The molecule has 0 saturated heterocycles. The average molecular weight is 504 g/mol. The van der Waals surface area contributed by atoms with E-state index in [9.17, 15) is 0 Å². The fraction of sp³-hybridized carbons (Fsp3) is 0.760. The summed E-state index contributed by atoms with van der Waals surface area (Å²) in [5.74, 6) is 0.777. The molecule has 2 N–H and O–H groups in total. The maximum atomic E-state index is 5.63. The Morgan fingerprint density at radius 2 is 0.800 bits per heavy atom. The molecule has 10 heteroatoms. The van der Waals surface area contributed by atoms with E-state index in [1.165, 1.54) is 0 Å². The number of nitrogens with two attached hydrogens (primary N) is 1. The third kappa shape index (κ3) is 22.7. The first-order valence-electron chi connectivity index (χ1n) is 12.3. The highest BCUT2D eigenvalue weighted by Crippen LogP contribution is 2.12. The number of ether oxygens (including phenoxy) is 9. The molecule has 0 fully saturated rings. The molecule has 0 aliphatic rings. The summed E-state index contributed by atoms with van der Waals surface area (Å²) in [5.41, 5.74) is 6.34. The molecule has 0 bridgehead atoms. The number of anilines is 1. The molecule has 0 atom stereocenters. The van der Waals surface area contributed by atoms with Crippen LogP contribution in [0.5, 0.6) is 5.75 Å². The molecule has 1 aromatic rings. The number of hydrogen-bond donors (Lipinski definition) is 1. The summed E-state index contributed by atoms with van der Waals surface area (Å²) in [6.07, 6.45) is 0.235. The molecule has 0 unspecified atom stereocenters. The van der Waals surface area contributed by atoms with Gasteiger partial charge in [0, 0.05) is 5.69 Å². The fourth-order valence-electron chi connectivity index (χ4n) is 2.55. The van der Waals surface area contributed by atoms with E-state index >= 15 is 0 Å². The van der Waals surface area contributed by atoms with E-state index in [4.69, 9.17) is 48.4 Å². The Hall–Kier alpha value is -1.50. The van der Waals surface area contributed by atoms with Crippen molar-refractivity contribution in [1.82, 2.24) is 0 Å². The maximum absolute atomic E-state index is 5.63. The molecule has 0 spiro atoms. The molecule has 204 valence electrons. The molecular weight excluding hydrogens is 458 g/mol. The summed E-state index contributed by atoms with van der Waals surface area (Å²) in [5, 5.41) is 0. The second-order valence-corrected chi connectivity index (χ2v) is 7.62. The van der Waals surface area contributed by atoms with Gasteiger partial charge in [0.2, 0.25) is 0 Å². The van der Waals surface area contributed by atoms with Gasteiger partial charge in [-0.15, -0.1) is 0 Å². The number of nitrogen functional groups attached to an aromatic ring is 1. The smallest absolute Gasteiger partial charge is 0.119 e. The molecule has 0 saturated carbocycles. The van der Waals surface area contributed by atoms with Crippen LogP contribution in [0.2, 0.25) is 0 Å². The van der Waals surface area contributed by atoms with E-state index in [-0.39, 0.29) is 6.10 Å². The number of rotatable bonds is 26. The van der Waals surface area contributed by atoms with Crippen LogP contribution >= 0.6 is 0 Å². The molecule has 10 nitrogen and oxygen atoms in total. The van der Waals surface area contributed by atoms with Crippen LogP contribution < -0.4 is 10.5 Å². The van der Waals surface area contributed by atoms with Gasteiger partial charge in [-0.25, -0.2) is 0 Å². The van der Waals surface area contributed by atoms with Crippen LogP contribution in [0.3, 0.4) is 0 Å². The van der Waals surface area contributed by atoms with Crippen molar-refractivity contribution < 1.29 is 42.6 Å². The highest BCUT2D eigenvalue weighted by Gasteiger charge is 1.97. The Labute approximate surface area is 210 Å². The lowest BCUT2D eigenvalue weighted by Gasteiger charge is -2.09. The first-order valence-corrected chi connectivity index (χ1v) is 12.3. The lowest BCUT2D eigenvalue weighted by molar-refractivity contribution is -0.0259. The van der Waals surface area contributed by atoms with E-state index in [1.807, 2.05) is 26.0 Å². The van der Waals surface area contributed by atoms with Gasteiger partial charge in [-0.1, -0.05) is 0 Å². The highest BCUT2D eigenvalue weighted by atomic mass is 16.6. The Morgan fingerprint density at radius 1 is 0.486 bits per heavy atom. The van der Waals surface area contributed by atoms with Gasteiger partial charge in [0.05, 0.1) is 105 Å². The molecule has 0 heterocycles. The summed E-state index contributed by atoms with van der Waals surface area (Å²) >= 11 is 0. The van der Waals surface area contributed by atoms with E-state index < -0.39 is 0 Å². The van der Waals surface area contributed by atoms with Gasteiger partial charge in [0.1, 0.15) is 12.4 Å². The summed E-state index contributed by atoms with van der Waals surface area (Å²) in [6.45, 7) is 12.5. The van der Waals surface area contributed by atoms with E-state index in [1.54, 1.807) is 12.1 Å². The van der Waals surface area contributed by atoms with Gasteiger partial charge >= 0.3 is 0 Å². The maximum Gasteiger partial charge on any atom is 0.119 e. The van der Waals surface area contributed by atoms with Gasteiger partial charge in [0.15, 0.2) is 0 Å². The summed E-state index contributed by atoms with van der Waals surface area (Å²) < 4.78 is 49.0. The van der Waals surface area contributed by atoms with Gasteiger partial charge in [-0.05, 0) is 38.1 Å². The molecule has 0 amide bonds. The van der Waals surface area contributed by atoms with Crippen molar-refractivity contribution in [3.63, 3.8) is 0 Å². The van der Waals surface area contributed by atoms with Crippen molar-refractivity contribution >= 4 is 5.69 Å². The Morgan fingerprint density at radius 3 is 1.14 bits per heavy atom. The lowest BCUT2D eigenvalue weighted by atomic mass is 10.3. The summed E-state index contributed by atoms with van der Waals surface area (Å²) in [6, 6.07) is 7.27. The molecule has 0 aliphatic carbocycles. The number of benzene rings is 1. The van der Waals surface area contributed by atoms with Crippen molar-refractivity contribution in [2.24, 2.45) is 0 Å². The summed E-state index contributed by atoms with van der Waals surface area (Å²) in [7, 11) is 0. The molecule has 0 aromatic heterocycles. The van der Waals surface area contributed by atoms with Crippen LogP contribution in [0.1, 0.15) is 13.8 Å². The van der Waals surface area contributed by atoms with Crippen molar-refractivity contribution in [3.8, 4) is 5.75 Å². The van der Waals surface area contributed by atoms with Crippen LogP contribution in [0, 0.1) is 0 Å². The third-order valence-electron chi connectivity index (χ3n) is 4.29. The van der Waals surface area contributed by atoms with Gasteiger partial charge < -0.3 is 48.4 Å². The van der Waals surface area contributed by atoms with E-state index in [2.05, 4.69) is 0 Å². The SMILES string of the molecule is CC(C)OCCOCCOCCOCCOCCOCCOCCOCCOc1ccc(N)cc1. The molecule has 35 heavy (non-hydrogen) atoms. The van der Waals surface area contributed by atoms with Crippen LogP contribution in [0.15, 0.2) is 24.3 Å². The van der Waals surface area contributed by atoms with Crippen molar-refractivity contribution in [2.75, 3.05) is 111 Å². The van der Waals surface area contributed by atoms with E-state index in [0.29, 0.717) is 111 Å². The van der Waals surface area contributed by atoms with Crippen molar-refractivity contribution in [3.05, 3.63) is 24.3 Å². The highest BCUT2D eigenvalue weighted by molar-refractivity contribution is 5.41. The van der Waals surface area contributed by atoms with Crippen molar-refractivity contribution in [1.29, 1.82) is 0 Å². The normalized spacial score (nSPS) is 11.4. The Kier molecular flexibility index (Phi) is 21.8. The third-order valence-corrected chi connectivity index (χ3v) is 4.29. The molecule has 0 aliphatic heterocycles. The topological polar surface area (TPSA) is 109 Å². The van der Waals surface area contributed by atoms with Gasteiger partial charge in [-0.2, -0.15) is 0 Å². The first-order chi connectivity index (χ1) is 17.2. The van der Waals surface area contributed by atoms with Crippen LogP contribution in [0.4, 0.5) is 5.69 Å². The number of hydrogen-bond acceptors (Lipinski definition) is 10. The Bertz CT molecular complexity index is 560. The minimum Gasteiger partial charge on any atom is -0.491 e. The Balaban J connectivity index is 1.66. The lowest BCUT2D eigenvalue weighted by Crippen LogP contribution is -2.15. The quantitative estimate of drug-likeness (QED) is 0.149. The predicted octanol–water partition coefficient (Wildman–Crippen LogP) is 2.19. The summed E-state index contributed by atoms with van der Waals surface area (Å²) in [4.78, 5) is 0. The van der Waals surface area contributed by atoms with Crippen LogP contribution in [-0.2, 0) is 37.9 Å². The molecule has 1 aromatic carbocycles. The molecular formula is C25H45NO9. The predicted molar refractivity (Wildman–Crippen MR) is 133 cm³/mol. The van der Waals surface area contributed by atoms with E-state index in [0.717, 1.165) is 5.75 Å². The monoisotopic (exact) mass is 503 g/mol. The minimum absolute atomic E-state index is 0.235. The van der Waals surface area contributed by atoms with Crippen molar-refractivity contribution in [2.45, 2.75) is 20.0 Å². The largest absolute Gasteiger partial charge is 0.491 e. The standard InChI is InChI=1S/C25H45NO9/c1-23(2)34-21-19-32-17-15-30-13-11-28-9-7-27-8-10-29-12-14-31-16-18-33-20-22-35-25-5-3-24(26)4-6-25/h3-6,23H,7-22,26H2,1-2H3. The van der Waals surface area contributed by atoms with Crippen LogP contribution in [0.25, 0.3) is 0 Å². The second kappa shape index (κ2) is 24.2. The molecule has 1 rings (SSSR count). The minimum atomic E-state index is 0.235. The second-order valence-electron chi connectivity index (χ2n) is 7.62.